The predicted octanol–water partition coefficient (Wildman–Crippen LogP) is 13.1. The second-order valence-corrected chi connectivity index (χ2v) is 15.4. The summed E-state index contributed by atoms with van der Waals surface area (Å²) >= 11 is 0. The lowest BCUT2D eigenvalue weighted by atomic mass is 9.70. The van der Waals surface area contributed by atoms with E-state index >= 15 is 0 Å². The van der Waals surface area contributed by atoms with Gasteiger partial charge in [-0.3, -0.25) is 0 Å². The van der Waals surface area contributed by atoms with Gasteiger partial charge in [0.1, 0.15) is 0 Å². The van der Waals surface area contributed by atoms with Gasteiger partial charge in [0.2, 0.25) is 0 Å². The van der Waals surface area contributed by atoms with Crippen LogP contribution in [0.3, 0.4) is 0 Å². The molecule has 0 saturated carbocycles. The van der Waals surface area contributed by atoms with Crippen LogP contribution in [0.15, 0.2) is 194 Å². The van der Waals surface area contributed by atoms with Crippen molar-refractivity contribution < 1.29 is 0 Å². The zero-order valence-corrected chi connectivity index (χ0v) is 31.8. The molecule has 0 saturated heterocycles. The zero-order valence-electron chi connectivity index (χ0n) is 31.8. The third-order valence-corrected chi connectivity index (χ3v) is 12.3. The van der Waals surface area contributed by atoms with Crippen molar-refractivity contribution in [1.29, 1.82) is 5.26 Å². The number of nitriles is 1. The molecule has 2 aliphatic carbocycles. The molecule has 272 valence electrons. The fourth-order valence-electron chi connectivity index (χ4n) is 9.81. The van der Waals surface area contributed by atoms with Crippen LogP contribution >= 0.6 is 0 Å². The van der Waals surface area contributed by atoms with Gasteiger partial charge < -0.3 is 0 Å². The summed E-state index contributed by atoms with van der Waals surface area (Å²) < 4.78 is 0. The number of hydrogen-bond acceptors (Lipinski definition) is 4. The first-order chi connectivity index (χ1) is 29.2. The molecule has 0 N–H and O–H groups in total. The van der Waals surface area contributed by atoms with Gasteiger partial charge in [-0.1, -0.05) is 170 Å². The van der Waals surface area contributed by atoms with Gasteiger partial charge >= 0.3 is 0 Å². The Hall–Kier alpha value is -8.00. The molecular weight excluding hydrogens is 717 g/mol. The Balaban J connectivity index is 1.07. The van der Waals surface area contributed by atoms with E-state index in [0.29, 0.717) is 23.0 Å². The number of rotatable bonds is 4. The molecule has 59 heavy (non-hydrogen) atoms. The van der Waals surface area contributed by atoms with E-state index in [1.807, 2.05) is 12.1 Å². The molecule has 0 atom stereocenters. The van der Waals surface area contributed by atoms with Crippen molar-refractivity contribution in [2.75, 3.05) is 0 Å². The van der Waals surface area contributed by atoms with Gasteiger partial charge in [-0.05, 0) is 95.9 Å². The summed E-state index contributed by atoms with van der Waals surface area (Å²) in [6, 6.07) is 70.9. The van der Waals surface area contributed by atoms with Gasteiger partial charge in [0.15, 0.2) is 17.5 Å². The van der Waals surface area contributed by atoms with E-state index in [0.717, 1.165) is 66.1 Å². The lowest BCUT2D eigenvalue weighted by Crippen LogP contribution is -2.25. The molecule has 0 unspecified atom stereocenters. The van der Waals surface area contributed by atoms with Gasteiger partial charge in [0, 0.05) is 22.3 Å². The van der Waals surface area contributed by atoms with Crippen LogP contribution in [-0.4, -0.2) is 15.0 Å². The highest BCUT2D eigenvalue weighted by Gasteiger charge is 2.52. The first-order valence-electron chi connectivity index (χ1n) is 19.9. The highest BCUT2D eigenvalue weighted by molar-refractivity contribution is 6.01. The van der Waals surface area contributed by atoms with Crippen molar-refractivity contribution in [2.24, 2.45) is 0 Å². The van der Waals surface area contributed by atoms with Crippen LogP contribution in [0, 0.1) is 11.3 Å². The van der Waals surface area contributed by atoms with Gasteiger partial charge in [-0.25, -0.2) is 15.0 Å². The molecule has 12 rings (SSSR count). The van der Waals surface area contributed by atoms with Crippen molar-refractivity contribution in [3.8, 4) is 73.6 Å². The number of fused-ring (bicyclic) bond motifs is 12. The van der Waals surface area contributed by atoms with E-state index in [-0.39, 0.29) is 0 Å². The molecule has 0 radical (unpaired) electrons. The number of hydrogen-bond donors (Lipinski definition) is 0. The third-order valence-electron chi connectivity index (χ3n) is 12.3. The summed E-state index contributed by atoms with van der Waals surface area (Å²) in [5.41, 5.74) is 14.3. The van der Waals surface area contributed by atoms with Crippen LogP contribution in [-0.2, 0) is 5.41 Å². The number of aromatic nitrogens is 3. The minimum Gasteiger partial charge on any atom is -0.208 e. The Bertz CT molecular complexity index is 3280. The summed E-state index contributed by atoms with van der Waals surface area (Å²) in [4.78, 5) is 15.5. The molecule has 1 aromatic heterocycles. The van der Waals surface area contributed by atoms with E-state index in [1.165, 1.54) is 27.8 Å². The second-order valence-electron chi connectivity index (χ2n) is 15.4. The summed E-state index contributed by atoms with van der Waals surface area (Å²) in [7, 11) is 0. The molecule has 4 nitrogen and oxygen atoms in total. The molecular formula is C55H32N4. The predicted molar refractivity (Wildman–Crippen MR) is 238 cm³/mol. The van der Waals surface area contributed by atoms with Crippen molar-refractivity contribution in [1.82, 2.24) is 15.0 Å². The van der Waals surface area contributed by atoms with E-state index in [9.17, 15) is 5.26 Å². The molecule has 0 amide bonds. The Kier molecular flexibility index (Phi) is 7.17. The van der Waals surface area contributed by atoms with Gasteiger partial charge in [0.25, 0.3) is 0 Å². The van der Waals surface area contributed by atoms with E-state index in [4.69, 9.17) is 15.0 Å². The van der Waals surface area contributed by atoms with E-state index < -0.39 is 5.41 Å². The van der Waals surface area contributed by atoms with Crippen LogP contribution in [0.5, 0.6) is 0 Å². The van der Waals surface area contributed by atoms with Crippen LogP contribution in [0.4, 0.5) is 0 Å². The van der Waals surface area contributed by atoms with Gasteiger partial charge in [-0.2, -0.15) is 5.26 Å². The smallest absolute Gasteiger partial charge is 0.164 e. The summed E-state index contributed by atoms with van der Waals surface area (Å²) in [6.45, 7) is 0. The first-order valence-corrected chi connectivity index (χ1v) is 19.9. The highest BCUT2D eigenvalue weighted by Crippen LogP contribution is 2.64. The molecule has 1 heterocycles. The fraction of sp³-hybridized carbons (Fsp3) is 0.0182. The van der Waals surface area contributed by atoms with Crippen molar-refractivity contribution in [2.45, 2.75) is 5.41 Å². The Morgan fingerprint density at radius 2 is 0.780 bits per heavy atom. The van der Waals surface area contributed by atoms with Crippen LogP contribution in [0.25, 0.3) is 89.1 Å². The van der Waals surface area contributed by atoms with Crippen molar-refractivity contribution in [3.05, 3.63) is 222 Å². The average molecular weight is 749 g/mol. The molecule has 10 aromatic rings. The maximum absolute atomic E-state index is 10.7. The maximum atomic E-state index is 10.7. The molecule has 0 fully saturated rings. The van der Waals surface area contributed by atoms with Gasteiger partial charge in [-0.15, -0.1) is 0 Å². The lowest BCUT2D eigenvalue weighted by molar-refractivity contribution is 0.793. The standard InChI is InChI=1S/C55H32N4/c56-33-42-18-10-24-48-50(42)51-43(21-11-25-49(51)55(48)46-22-7-5-19-44(46)45-20-6-8-23-47(45)55)38-16-9-17-39(32-38)52-57-53(40-28-26-34-12-1-3-14-36(34)30-40)59-54(58-52)41-29-27-35-13-2-4-15-37(35)31-41/h1-32H. The Morgan fingerprint density at radius 1 is 0.339 bits per heavy atom. The minimum absolute atomic E-state index is 0.559. The summed E-state index contributed by atoms with van der Waals surface area (Å²) in [5, 5.41) is 15.3. The lowest BCUT2D eigenvalue weighted by Gasteiger charge is -2.30. The summed E-state index contributed by atoms with van der Waals surface area (Å²) in [6.07, 6.45) is 0. The molecule has 0 aliphatic heterocycles. The second kappa shape index (κ2) is 12.8. The van der Waals surface area contributed by atoms with E-state index in [1.54, 1.807) is 0 Å². The molecule has 2 aliphatic rings. The monoisotopic (exact) mass is 748 g/mol. The van der Waals surface area contributed by atoms with Gasteiger partial charge in [0.05, 0.1) is 17.0 Å². The quantitative estimate of drug-likeness (QED) is 0.180. The number of benzene rings is 9. The Labute approximate surface area is 341 Å². The SMILES string of the molecule is N#Cc1cccc2c1-c1c(-c3cccc(-c4nc(-c5ccc6ccccc6c5)nc(-c5ccc6ccccc6c5)n4)c3)cccc1C21c2ccccc2-c2ccccc21. The average Bonchev–Trinajstić information content (AvgIpc) is 3.79. The largest absolute Gasteiger partial charge is 0.208 e. The molecule has 9 aromatic carbocycles. The van der Waals surface area contributed by atoms with Crippen molar-refractivity contribution in [3.63, 3.8) is 0 Å². The van der Waals surface area contributed by atoms with Crippen LogP contribution in [0.2, 0.25) is 0 Å². The molecule has 0 bridgehead atoms. The van der Waals surface area contributed by atoms with Crippen molar-refractivity contribution >= 4 is 21.5 Å². The normalized spacial score (nSPS) is 12.9. The molecule has 4 heteroatoms. The maximum Gasteiger partial charge on any atom is 0.164 e. The Morgan fingerprint density at radius 3 is 1.37 bits per heavy atom. The first kappa shape index (κ1) is 33.2. The van der Waals surface area contributed by atoms with Crippen LogP contribution in [0.1, 0.15) is 27.8 Å². The van der Waals surface area contributed by atoms with E-state index in [2.05, 4.69) is 188 Å². The zero-order chi connectivity index (χ0) is 39.1. The van der Waals surface area contributed by atoms with Crippen LogP contribution < -0.4 is 0 Å². The minimum atomic E-state index is -0.559. The number of nitrogens with zero attached hydrogens (tertiary/aromatic N) is 4. The summed E-state index contributed by atoms with van der Waals surface area (Å²) in [5.74, 6) is 1.82. The highest BCUT2D eigenvalue weighted by atomic mass is 15.0. The molecule has 1 spiro atoms. The fourth-order valence-corrected chi connectivity index (χ4v) is 9.81. The topological polar surface area (TPSA) is 62.5 Å². The third kappa shape index (κ3) is 4.86.